The van der Waals surface area contributed by atoms with Crippen LogP contribution in [-0.2, 0) is 24.8 Å². The van der Waals surface area contributed by atoms with E-state index in [2.05, 4.69) is 5.32 Å². The Morgan fingerprint density at radius 3 is 2.57 bits per heavy atom. The highest BCUT2D eigenvalue weighted by Gasteiger charge is 2.36. The standard InChI is InChI=1S/C32H36ClN5O5S/c1-21-28(30(40)43-25-8-3-2-4-9-25)29(22-11-13-24(14-12-22)42-19-27(39)37-15-17-41-18-16-37)38-31(34-21)35-32(36-38)44-20-23-7-5-6-10-26(23)33/h5-7,10-14,25,29H,2-4,8-9,15-20H2,1H3,(H,34,35,36). The number of thioether (sulfide) groups is 1. The first-order valence-electron chi connectivity index (χ1n) is 15.1. The van der Waals surface area contributed by atoms with Crippen LogP contribution >= 0.6 is 23.4 Å². The van der Waals surface area contributed by atoms with E-state index in [9.17, 15) is 9.59 Å². The normalized spacial score (nSPS) is 18.9. The first-order chi connectivity index (χ1) is 21.5. The summed E-state index contributed by atoms with van der Waals surface area (Å²) in [5.41, 5.74) is 2.98. The molecule has 1 amide bonds. The Morgan fingerprint density at radius 2 is 1.82 bits per heavy atom. The lowest BCUT2D eigenvalue weighted by Gasteiger charge is -2.30. The van der Waals surface area contributed by atoms with Gasteiger partial charge in [0.2, 0.25) is 11.1 Å². The van der Waals surface area contributed by atoms with Crippen molar-refractivity contribution in [1.82, 2.24) is 19.7 Å². The van der Waals surface area contributed by atoms with Crippen LogP contribution in [0.5, 0.6) is 5.75 Å². The van der Waals surface area contributed by atoms with Gasteiger partial charge in [-0.25, -0.2) is 9.48 Å². The number of anilines is 1. The van der Waals surface area contributed by atoms with E-state index in [1.54, 1.807) is 9.58 Å². The number of amides is 1. The summed E-state index contributed by atoms with van der Waals surface area (Å²) in [4.78, 5) is 32.8. The lowest BCUT2D eigenvalue weighted by atomic mass is 9.95. The molecule has 1 N–H and O–H groups in total. The minimum atomic E-state index is -0.562. The first-order valence-corrected chi connectivity index (χ1v) is 16.4. The molecule has 3 heterocycles. The van der Waals surface area contributed by atoms with Crippen LogP contribution in [0.3, 0.4) is 0 Å². The molecular weight excluding hydrogens is 602 g/mol. The molecule has 1 aliphatic carbocycles. The highest BCUT2D eigenvalue weighted by atomic mass is 35.5. The van der Waals surface area contributed by atoms with E-state index in [4.69, 9.17) is 35.9 Å². The summed E-state index contributed by atoms with van der Waals surface area (Å²) in [5.74, 6) is 1.28. The number of nitrogens with one attached hydrogen (secondary N) is 1. The highest BCUT2D eigenvalue weighted by Crippen LogP contribution is 2.38. The number of morpholine rings is 1. The van der Waals surface area contributed by atoms with Gasteiger partial charge in [0.25, 0.3) is 5.91 Å². The summed E-state index contributed by atoms with van der Waals surface area (Å²) < 4.78 is 18.9. The average molecular weight is 638 g/mol. The molecule has 0 radical (unpaired) electrons. The maximum Gasteiger partial charge on any atom is 0.338 e. The second-order valence-corrected chi connectivity index (χ2v) is 12.5. The molecule has 0 bridgehead atoms. The number of nitrogens with zero attached hydrogens (tertiary/aromatic N) is 4. The lowest BCUT2D eigenvalue weighted by molar-refractivity contribution is -0.146. The number of hydrogen-bond donors (Lipinski definition) is 1. The van der Waals surface area contributed by atoms with Crippen molar-refractivity contribution in [2.75, 3.05) is 38.2 Å². The molecule has 1 aromatic heterocycles. The molecule has 2 fully saturated rings. The van der Waals surface area contributed by atoms with Gasteiger partial charge in [-0.15, -0.1) is 5.10 Å². The van der Waals surface area contributed by atoms with Crippen molar-refractivity contribution in [2.24, 2.45) is 0 Å². The maximum absolute atomic E-state index is 13.7. The number of allylic oxidation sites excluding steroid dienone is 1. The topological polar surface area (TPSA) is 108 Å². The van der Waals surface area contributed by atoms with Gasteiger partial charge in [-0.3, -0.25) is 4.79 Å². The van der Waals surface area contributed by atoms with E-state index in [-0.39, 0.29) is 24.6 Å². The number of hydrogen-bond acceptors (Lipinski definition) is 9. The summed E-state index contributed by atoms with van der Waals surface area (Å²) in [6.45, 7) is 4.04. The number of esters is 1. The van der Waals surface area contributed by atoms with Gasteiger partial charge in [0.1, 0.15) is 17.9 Å². The number of benzene rings is 2. The predicted molar refractivity (Wildman–Crippen MR) is 168 cm³/mol. The quantitative estimate of drug-likeness (QED) is 0.236. The monoisotopic (exact) mass is 637 g/mol. The Bertz CT molecular complexity index is 1520. The maximum atomic E-state index is 13.7. The molecule has 2 aromatic carbocycles. The molecule has 1 saturated heterocycles. The van der Waals surface area contributed by atoms with Gasteiger partial charge < -0.3 is 24.4 Å². The van der Waals surface area contributed by atoms with Crippen LogP contribution in [-0.4, -0.2) is 70.6 Å². The number of carbonyl (C=O) groups excluding carboxylic acids is 2. The first kappa shape index (κ1) is 30.5. The predicted octanol–water partition coefficient (Wildman–Crippen LogP) is 5.63. The molecule has 1 saturated carbocycles. The van der Waals surface area contributed by atoms with E-state index in [0.717, 1.165) is 36.8 Å². The van der Waals surface area contributed by atoms with Gasteiger partial charge in [0.05, 0.1) is 18.8 Å². The van der Waals surface area contributed by atoms with Crippen molar-refractivity contribution in [1.29, 1.82) is 0 Å². The second kappa shape index (κ2) is 14.0. The Kier molecular flexibility index (Phi) is 9.73. The van der Waals surface area contributed by atoms with E-state index in [1.165, 1.54) is 18.2 Å². The fraction of sp³-hybridized carbons (Fsp3) is 0.438. The van der Waals surface area contributed by atoms with Gasteiger partial charge in [-0.05, 0) is 61.9 Å². The molecule has 2 aliphatic heterocycles. The fourth-order valence-corrected chi connectivity index (χ4v) is 6.83. The number of fused-ring (bicyclic) bond motifs is 1. The Balaban J connectivity index is 1.24. The smallest absolute Gasteiger partial charge is 0.338 e. The molecule has 3 aromatic rings. The van der Waals surface area contributed by atoms with Crippen molar-refractivity contribution in [3.8, 4) is 5.75 Å². The van der Waals surface area contributed by atoms with Crippen LogP contribution in [0.15, 0.2) is 65.0 Å². The number of ether oxygens (including phenoxy) is 3. The minimum Gasteiger partial charge on any atom is -0.484 e. The van der Waals surface area contributed by atoms with Gasteiger partial charge in [0, 0.05) is 29.6 Å². The zero-order valence-corrected chi connectivity index (χ0v) is 26.2. The van der Waals surface area contributed by atoms with Crippen LogP contribution in [0.25, 0.3) is 0 Å². The average Bonchev–Trinajstić information content (AvgIpc) is 3.46. The Hall–Kier alpha value is -3.54. The van der Waals surface area contributed by atoms with Crippen molar-refractivity contribution < 1.29 is 23.8 Å². The number of rotatable bonds is 9. The van der Waals surface area contributed by atoms with Crippen LogP contribution < -0.4 is 10.1 Å². The fourth-order valence-electron chi connectivity index (χ4n) is 5.72. The lowest BCUT2D eigenvalue weighted by Crippen LogP contribution is -2.42. The summed E-state index contributed by atoms with van der Waals surface area (Å²) >= 11 is 7.85. The summed E-state index contributed by atoms with van der Waals surface area (Å²) in [7, 11) is 0. The van der Waals surface area contributed by atoms with Gasteiger partial charge >= 0.3 is 5.97 Å². The molecule has 10 nitrogen and oxygen atoms in total. The molecule has 12 heteroatoms. The van der Waals surface area contributed by atoms with E-state index < -0.39 is 6.04 Å². The SMILES string of the molecule is CC1=C(C(=O)OC2CCCCC2)C(c2ccc(OCC(=O)N3CCOCC3)cc2)n2nc(SCc3ccccc3Cl)nc2N1. The Labute approximate surface area is 266 Å². The van der Waals surface area contributed by atoms with Gasteiger partial charge in [-0.1, -0.05) is 60.1 Å². The van der Waals surface area contributed by atoms with Crippen LogP contribution in [0.2, 0.25) is 5.02 Å². The third kappa shape index (κ3) is 7.06. The zero-order chi connectivity index (χ0) is 30.5. The van der Waals surface area contributed by atoms with Crippen LogP contribution in [0, 0.1) is 0 Å². The molecule has 1 unspecified atom stereocenters. The summed E-state index contributed by atoms with van der Waals surface area (Å²) in [6, 6.07) is 14.6. The van der Waals surface area contributed by atoms with Crippen molar-refractivity contribution >= 4 is 41.2 Å². The van der Waals surface area contributed by atoms with Crippen molar-refractivity contribution in [2.45, 2.75) is 62.1 Å². The minimum absolute atomic E-state index is 0.0517. The summed E-state index contributed by atoms with van der Waals surface area (Å²) in [6.07, 6.45) is 4.96. The molecule has 1 atom stereocenters. The molecular formula is C32H36ClN5O5S. The largest absolute Gasteiger partial charge is 0.484 e. The molecule has 6 rings (SSSR count). The Morgan fingerprint density at radius 1 is 1.07 bits per heavy atom. The molecule has 3 aliphatic rings. The van der Waals surface area contributed by atoms with Crippen molar-refractivity contribution in [3.05, 3.63) is 76.0 Å². The van der Waals surface area contributed by atoms with Gasteiger partial charge in [0.15, 0.2) is 6.61 Å². The zero-order valence-electron chi connectivity index (χ0n) is 24.7. The molecule has 44 heavy (non-hydrogen) atoms. The van der Waals surface area contributed by atoms with Gasteiger partial charge in [-0.2, -0.15) is 4.98 Å². The van der Waals surface area contributed by atoms with Crippen LogP contribution in [0.4, 0.5) is 5.95 Å². The number of aromatic nitrogens is 3. The third-order valence-electron chi connectivity index (χ3n) is 8.12. The van der Waals surface area contributed by atoms with E-state index in [0.29, 0.717) is 65.2 Å². The van der Waals surface area contributed by atoms with E-state index in [1.807, 2.05) is 55.5 Å². The molecule has 0 spiro atoms. The highest BCUT2D eigenvalue weighted by molar-refractivity contribution is 7.98. The number of carbonyl (C=O) groups is 2. The van der Waals surface area contributed by atoms with E-state index >= 15 is 0 Å². The second-order valence-electron chi connectivity index (χ2n) is 11.1. The molecule has 232 valence electrons. The summed E-state index contributed by atoms with van der Waals surface area (Å²) in [5, 5.41) is 9.37. The van der Waals surface area contributed by atoms with Crippen LogP contribution in [0.1, 0.15) is 56.2 Å². The third-order valence-corrected chi connectivity index (χ3v) is 9.37. The number of halogens is 1. The van der Waals surface area contributed by atoms with Crippen molar-refractivity contribution in [3.63, 3.8) is 0 Å².